The lowest BCUT2D eigenvalue weighted by molar-refractivity contribution is -0.117. The molecule has 0 saturated carbocycles. The van der Waals surface area contributed by atoms with Gasteiger partial charge in [-0.15, -0.1) is 0 Å². The number of benzene rings is 2. The van der Waals surface area contributed by atoms with E-state index in [1.54, 1.807) is 48.5 Å². The van der Waals surface area contributed by atoms with Crippen molar-refractivity contribution in [3.63, 3.8) is 0 Å². The quantitative estimate of drug-likeness (QED) is 0.908. The van der Waals surface area contributed by atoms with E-state index in [4.69, 9.17) is 28.9 Å². The molecule has 5 heteroatoms. The Morgan fingerprint density at radius 1 is 1.00 bits per heavy atom. The van der Waals surface area contributed by atoms with E-state index in [0.29, 0.717) is 21.3 Å². The molecule has 3 nitrogen and oxygen atoms in total. The van der Waals surface area contributed by atoms with Crippen molar-refractivity contribution in [3.8, 4) is 0 Å². The van der Waals surface area contributed by atoms with Gasteiger partial charge < -0.3 is 11.1 Å². The van der Waals surface area contributed by atoms with E-state index < -0.39 is 6.04 Å². The van der Waals surface area contributed by atoms with Gasteiger partial charge in [0.25, 0.3) is 0 Å². The SMILES string of the molecule is N[C@H](C(=O)Nc1ccccc1Cl)c1ccccc1Cl. The molecule has 3 N–H and O–H groups in total. The molecule has 1 amide bonds. The predicted octanol–water partition coefficient (Wildman–Crippen LogP) is 3.63. The number of para-hydroxylation sites is 1. The van der Waals surface area contributed by atoms with Crippen LogP contribution in [0.25, 0.3) is 0 Å². The predicted molar refractivity (Wildman–Crippen MR) is 78.5 cm³/mol. The molecule has 0 unspecified atom stereocenters. The summed E-state index contributed by atoms with van der Waals surface area (Å²) in [6.45, 7) is 0. The van der Waals surface area contributed by atoms with Crippen molar-refractivity contribution < 1.29 is 4.79 Å². The number of anilines is 1. The Balaban J connectivity index is 2.17. The Labute approximate surface area is 121 Å². The van der Waals surface area contributed by atoms with Crippen LogP contribution in [0.5, 0.6) is 0 Å². The number of carbonyl (C=O) groups excluding carboxylic acids is 1. The van der Waals surface area contributed by atoms with Gasteiger partial charge in [0.05, 0.1) is 10.7 Å². The van der Waals surface area contributed by atoms with Crippen molar-refractivity contribution in [2.75, 3.05) is 5.32 Å². The molecule has 0 aliphatic carbocycles. The highest BCUT2D eigenvalue weighted by molar-refractivity contribution is 6.34. The van der Waals surface area contributed by atoms with E-state index in [1.807, 2.05) is 0 Å². The summed E-state index contributed by atoms with van der Waals surface area (Å²) in [5.41, 5.74) is 7.00. The molecule has 0 aliphatic rings. The van der Waals surface area contributed by atoms with Gasteiger partial charge in [0.2, 0.25) is 5.91 Å². The zero-order chi connectivity index (χ0) is 13.8. The lowest BCUT2D eigenvalue weighted by Gasteiger charge is -2.14. The van der Waals surface area contributed by atoms with Gasteiger partial charge in [0, 0.05) is 5.02 Å². The molecular formula is C14H12Cl2N2O. The van der Waals surface area contributed by atoms with Crippen molar-refractivity contribution >= 4 is 34.8 Å². The zero-order valence-corrected chi connectivity index (χ0v) is 11.4. The van der Waals surface area contributed by atoms with Crippen LogP contribution in [0.4, 0.5) is 5.69 Å². The zero-order valence-electron chi connectivity index (χ0n) is 9.94. The van der Waals surface area contributed by atoms with Gasteiger partial charge in [-0.25, -0.2) is 0 Å². The molecule has 1 atom stereocenters. The van der Waals surface area contributed by atoms with E-state index >= 15 is 0 Å². The monoisotopic (exact) mass is 294 g/mol. The third kappa shape index (κ3) is 3.26. The lowest BCUT2D eigenvalue weighted by atomic mass is 10.1. The average Bonchev–Trinajstić information content (AvgIpc) is 2.41. The molecule has 2 rings (SSSR count). The smallest absolute Gasteiger partial charge is 0.245 e. The average molecular weight is 295 g/mol. The second-order valence-corrected chi connectivity index (χ2v) is 4.78. The first-order chi connectivity index (χ1) is 9.09. The van der Waals surface area contributed by atoms with Crippen LogP contribution >= 0.6 is 23.2 Å². The number of nitrogens with two attached hydrogens (primary N) is 1. The topological polar surface area (TPSA) is 55.1 Å². The van der Waals surface area contributed by atoms with Crippen LogP contribution in [0.15, 0.2) is 48.5 Å². The largest absolute Gasteiger partial charge is 0.323 e. The van der Waals surface area contributed by atoms with Crippen LogP contribution < -0.4 is 11.1 Å². The summed E-state index contributed by atoms with van der Waals surface area (Å²) >= 11 is 12.0. The second kappa shape index (κ2) is 6.06. The molecule has 0 spiro atoms. The van der Waals surface area contributed by atoms with Crippen molar-refractivity contribution in [1.82, 2.24) is 0 Å². The molecule has 2 aromatic rings. The Morgan fingerprint density at radius 3 is 2.21 bits per heavy atom. The molecule has 0 bridgehead atoms. The highest BCUT2D eigenvalue weighted by atomic mass is 35.5. The minimum Gasteiger partial charge on any atom is -0.323 e. The Bertz CT molecular complexity index is 602. The van der Waals surface area contributed by atoms with Crippen molar-refractivity contribution in [2.45, 2.75) is 6.04 Å². The first-order valence-corrected chi connectivity index (χ1v) is 6.40. The highest BCUT2D eigenvalue weighted by Gasteiger charge is 2.18. The number of hydrogen-bond acceptors (Lipinski definition) is 2. The Morgan fingerprint density at radius 2 is 1.58 bits per heavy atom. The summed E-state index contributed by atoms with van der Waals surface area (Å²) in [6, 6.07) is 13.1. The molecule has 98 valence electrons. The summed E-state index contributed by atoms with van der Waals surface area (Å²) in [4.78, 5) is 12.1. The van der Waals surface area contributed by atoms with E-state index in [9.17, 15) is 4.79 Å². The summed E-state index contributed by atoms with van der Waals surface area (Å²) < 4.78 is 0. The van der Waals surface area contributed by atoms with Crippen LogP contribution in [-0.4, -0.2) is 5.91 Å². The summed E-state index contributed by atoms with van der Waals surface area (Å²) in [7, 11) is 0. The second-order valence-electron chi connectivity index (χ2n) is 3.97. The number of amides is 1. The van der Waals surface area contributed by atoms with Gasteiger partial charge in [-0.1, -0.05) is 53.5 Å². The fourth-order valence-corrected chi connectivity index (χ4v) is 2.08. The molecule has 0 aliphatic heterocycles. The Kier molecular flexibility index (Phi) is 4.43. The summed E-state index contributed by atoms with van der Waals surface area (Å²) in [6.07, 6.45) is 0. The van der Waals surface area contributed by atoms with Crippen LogP contribution in [0.1, 0.15) is 11.6 Å². The number of hydrogen-bond donors (Lipinski definition) is 2. The molecule has 0 aromatic heterocycles. The minimum absolute atomic E-state index is 0.360. The van der Waals surface area contributed by atoms with Crippen molar-refractivity contribution in [1.29, 1.82) is 0 Å². The van der Waals surface area contributed by atoms with E-state index in [-0.39, 0.29) is 5.91 Å². The van der Waals surface area contributed by atoms with Crippen LogP contribution in [0, 0.1) is 0 Å². The maximum Gasteiger partial charge on any atom is 0.245 e. The first kappa shape index (κ1) is 13.9. The van der Waals surface area contributed by atoms with Gasteiger partial charge in [0.15, 0.2) is 0 Å². The maximum absolute atomic E-state index is 12.1. The van der Waals surface area contributed by atoms with Crippen molar-refractivity contribution in [2.24, 2.45) is 5.73 Å². The number of nitrogens with one attached hydrogen (secondary N) is 1. The van der Waals surface area contributed by atoms with E-state index in [0.717, 1.165) is 0 Å². The normalized spacial score (nSPS) is 11.9. The third-order valence-electron chi connectivity index (χ3n) is 2.65. The summed E-state index contributed by atoms with van der Waals surface area (Å²) in [5, 5.41) is 3.60. The highest BCUT2D eigenvalue weighted by Crippen LogP contribution is 2.24. The van der Waals surface area contributed by atoms with Gasteiger partial charge in [-0.3, -0.25) is 4.79 Å². The molecule has 2 aromatic carbocycles. The number of rotatable bonds is 3. The maximum atomic E-state index is 12.1. The van der Waals surface area contributed by atoms with Gasteiger partial charge >= 0.3 is 0 Å². The summed E-state index contributed by atoms with van der Waals surface area (Å²) in [5.74, 6) is -0.360. The molecule has 0 radical (unpaired) electrons. The third-order valence-corrected chi connectivity index (χ3v) is 3.33. The van der Waals surface area contributed by atoms with E-state index in [2.05, 4.69) is 5.32 Å². The fraction of sp³-hybridized carbons (Fsp3) is 0.0714. The van der Waals surface area contributed by atoms with E-state index in [1.165, 1.54) is 0 Å². The lowest BCUT2D eigenvalue weighted by Crippen LogP contribution is -2.28. The Hall–Kier alpha value is -1.55. The van der Waals surface area contributed by atoms with Crippen LogP contribution in [0.3, 0.4) is 0 Å². The molecular weight excluding hydrogens is 283 g/mol. The molecule has 0 heterocycles. The minimum atomic E-state index is -0.843. The number of carbonyl (C=O) groups is 1. The standard InChI is InChI=1S/C14H12Cl2N2O/c15-10-6-2-1-5-9(10)13(17)14(19)18-12-8-4-3-7-11(12)16/h1-8,13H,17H2,(H,18,19)/t13-/m0/s1. The van der Waals surface area contributed by atoms with Crippen LogP contribution in [-0.2, 0) is 4.79 Å². The molecule has 19 heavy (non-hydrogen) atoms. The molecule has 0 saturated heterocycles. The van der Waals surface area contributed by atoms with Gasteiger partial charge in [0.1, 0.15) is 6.04 Å². The van der Waals surface area contributed by atoms with Crippen LogP contribution in [0.2, 0.25) is 10.0 Å². The van der Waals surface area contributed by atoms with Crippen molar-refractivity contribution in [3.05, 3.63) is 64.1 Å². The molecule has 0 fully saturated rings. The number of halogens is 2. The van der Waals surface area contributed by atoms with Gasteiger partial charge in [-0.05, 0) is 23.8 Å². The first-order valence-electron chi connectivity index (χ1n) is 5.65. The van der Waals surface area contributed by atoms with Gasteiger partial charge in [-0.2, -0.15) is 0 Å². The fourth-order valence-electron chi connectivity index (χ4n) is 1.64.